The average Bonchev–Trinajstić information content (AvgIpc) is 2.71. The number of carbonyl (C=O) groups is 3. The maximum atomic E-state index is 12.0. The maximum Gasteiger partial charge on any atom is 0.328 e. The molecule has 0 aliphatic rings. The third kappa shape index (κ3) is 11.0. The van der Waals surface area contributed by atoms with Crippen molar-refractivity contribution in [1.29, 1.82) is 0 Å². The normalized spacial score (nSPS) is 11.2. The van der Waals surface area contributed by atoms with Gasteiger partial charge in [0, 0.05) is 19.0 Å². The van der Waals surface area contributed by atoms with E-state index in [2.05, 4.69) is 31.3 Å². The number of hydrogen-bond acceptors (Lipinski definition) is 5. The van der Waals surface area contributed by atoms with Crippen molar-refractivity contribution in [1.82, 2.24) is 5.32 Å². The Morgan fingerprint density at radius 1 is 1.13 bits per heavy atom. The van der Waals surface area contributed by atoms with Crippen LogP contribution in [0.3, 0.4) is 0 Å². The molecule has 0 radical (unpaired) electrons. The zero-order valence-corrected chi connectivity index (χ0v) is 17.8. The van der Waals surface area contributed by atoms with Gasteiger partial charge in [-0.25, -0.2) is 4.79 Å². The molecule has 1 rings (SSSR count). The minimum Gasteiger partial charge on any atom is -0.493 e. The molecule has 0 bridgehead atoms. The summed E-state index contributed by atoms with van der Waals surface area (Å²) in [5, 5.41) is 11.4. The van der Waals surface area contributed by atoms with Crippen LogP contribution in [-0.4, -0.2) is 36.5 Å². The number of carbonyl (C=O) groups excluding carboxylic acids is 2. The second-order valence-corrected chi connectivity index (χ2v) is 7.11. The zero-order valence-electron chi connectivity index (χ0n) is 17.8. The zero-order chi connectivity index (χ0) is 22.4. The van der Waals surface area contributed by atoms with E-state index in [1.165, 1.54) is 7.11 Å². The standard InChI is InChI=1S/C23H31NO6/c1-17(2)8-6-4-5-7-9-22(26)24-15-18-10-12-20(21(14-18)29-3)30-16-19(25)11-13-23(27)28/h6,8,10-14,17H,4-5,7,9,15-16H2,1-3H3,(H,24,26)(H,27,28)/b8-6+,13-11+. The van der Waals surface area contributed by atoms with Gasteiger partial charge in [-0.3, -0.25) is 9.59 Å². The van der Waals surface area contributed by atoms with Crippen molar-refractivity contribution in [3.8, 4) is 11.5 Å². The van der Waals surface area contributed by atoms with Crippen molar-refractivity contribution >= 4 is 17.7 Å². The lowest BCUT2D eigenvalue weighted by Crippen LogP contribution is -2.22. The highest BCUT2D eigenvalue weighted by molar-refractivity contribution is 5.96. The van der Waals surface area contributed by atoms with Crippen LogP contribution in [0.2, 0.25) is 0 Å². The summed E-state index contributed by atoms with van der Waals surface area (Å²) in [5.74, 6) is -0.340. The first-order chi connectivity index (χ1) is 14.3. The molecule has 0 heterocycles. The van der Waals surface area contributed by atoms with Gasteiger partial charge in [0.25, 0.3) is 0 Å². The van der Waals surface area contributed by atoms with E-state index in [9.17, 15) is 14.4 Å². The molecule has 0 spiro atoms. The van der Waals surface area contributed by atoms with Crippen LogP contribution in [0.25, 0.3) is 0 Å². The number of carboxylic acid groups (broad SMARTS) is 1. The Morgan fingerprint density at radius 3 is 2.57 bits per heavy atom. The summed E-state index contributed by atoms with van der Waals surface area (Å²) in [6.07, 6.45) is 9.33. The van der Waals surface area contributed by atoms with E-state index in [-0.39, 0.29) is 12.5 Å². The number of allylic oxidation sites excluding steroid dienone is 2. The Labute approximate surface area is 177 Å². The molecule has 0 atom stereocenters. The van der Waals surface area contributed by atoms with Crippen molar-refractivity contribution in [3.05, 3.63) is 48.1 Å². The van der Waals surface area contributed by atoms with Crippen molar-refractivity contribution < 1.29 is 29.0 Å². The van der Waals surface area contributed by atoms with Gasteiger partial charge in [-0.15, -0.1) is 0 Å². The van der Waals surface area contributed by atoms with Crippen LogP contribution in [0.1, 0.15) is 45.1 Å². The van der Waals surface area contributed by atoms with E-state index in [0.29, 0.717) is 30.4 Å². The smallest absolute Gasteiger partial charge is 0.328 e. The van der Waals surface area contributed by atoms with Crippen LogP contribution < -0.4 is 14.8 Å². The Bertz CT molecular complexity index is 767. The predicted octanol–water partition coefficient (Wildman–Crippen LogP) is 3.67. The van der Waals surface area contributed by atoms with Crippen LogP contribution in [0.4, 0.5) is 0 Å². The number of amides is 1. The van der Waals surface area contributed by atoms with Gasteiger partial charge >= 0.3 is 5.97 Å². The summed E-state index contributed by atoms with van der Waals surface area (Å²) in [7, 11) is 1.48. The number of hydrogen-bond donors (Lipinski definition) is 2. The number of nitrogens with one attached hydrogen (secondary N) is 1. The first-order valence-electron chi connectivity index (χ1n) is 9.98. The average molecular weight is 418 g/mol. The molecule has 30 heavy (non-hydrogen) atoms. The lowest BCUT2D eigenvalue weighted by molar-refractivity contribution is -0.131. The molecule has 7 heteroatoms. The van der Waals surface area contributed by atoms with E-state index >= 15 is 0 Å². The van der Waals surface area contributed by atoms with E-state index < -0.39 is 11.8 Å². The summed E-state index contributed by atoms with van der Waals surface area (Å²) < 4.78 is 10.7. The van der Waals surface area contributed by atoms with Crippen LogP contribution in [0.15, 0.2) is 42.5 Å². The highest BCUT2D eigenvalue weighted by Gasteiger charge is 2.09. The SMILES string of the molecule is COc1cc(CNC(=O)CCCC/C=C/C(C)C)ccc1OCC(=O)/C=C/C(=O)O. The molecule has 1 aromatic rings. The van der Waals surface area contributed by atoms with Crippen LogP contribution in [0, 0.1) is 5.92 Å². The largest absolute Gasteiger partial charge is 0.493 e. The monoisotopic (exact) mass is 417 g/mol. The van der Waals surface area contributed by atoms with E-state index in [0.717, 1.165) is 37.0 Å². The molecule has 164 valence electrons. The van der Waals surface area contributed by atoms with Gasteiger partial charge in [-0.05, 0) is 49.0 Å². The highest BCUT2D eigenvalue weighted by atomic mass is 16.5. The lowest BCUT2D eigenvalue weighted by Gasteiger charge is -2.12. The van der Waals surface area contributed by atoms with Crippen LogP contribution >= 0.6 is 0 Å². The number of benzene rings is 1. The molecule has 7 nitrogen and oxygen atoms in total. The van der Waals surface area contributed by atoms with Crippen molar-refractivity contribution in [2.75, 3.05) is 13.7 Å². The quantitative estimate of drug-likeness (QED) is 0.272. The minimum atomic E-state index is -1.20. The number of ether oxygens (including phenoxy) is 2. The fraction of sp³-hybridized carbons (Fsp3) is 0.435. The van der Waals surface area contributed by atoms with Crippen molar-refractivity contribution in [2.24, 2.45) is 5.92 Å². The maximum absolute atomic E-state index is 12.0. The Kier molecular flexibility index (Phi) is 11.6. The Balaban J connectivity index is 2.44. The molecule has 2 N–H and O–H groups in total. The first-order valence-corrected chi connectivity index (χ1v) is 9.98. The van der Waals surface area contributed by atoms with Crippen molar-refractivity contribution in [3.63, 3.8) is 0 Å². The van der Waals surface area contributed by atoms with Gasteiger partial charge in [0.1, 0.15) is 0 Å². The molecule has 0 unspecified atom stereocenters. The molecule has 0 aromatic heterocycles. The summed E-state index contributed by atoms with van der Waals surface area (Å²) in [6.45, 7) is 4.33. The van der Waals surface area contributed by atoms with Crippen LogP contribution in [-0.2, 0) is 20.9 Å². The Hall–Kier alpha value is -3.09. The van der Waals surface area contributed by atoms with Gasteiger partial charge in [0.2, 0.25) is 5.91 Å². The fourth-order valence-corrected chi connectivity index (χ4v) is 2.51. The number of aliphatic carboxylic acids is 1. The second-order valence-electron chi connectivity index (χ2n) is 7.11. The van der Waals surface area contributed by atoms with Crippen molar-refractivity contribution in [2.45, 2.75) is 46.1 Å². The topological polar surface area (TPSA) is 102 Å². The fourth-order valence-electron chi connectivity index (χ4n) is 2.51. The van der Waals surface area contributed by atoms with Gasteiger partial charge < -0.3 is 19.9 Å². The molecular weight excluding hydrogens is 386 g/mol. The molecular formula is C23H31NO6. The van der Waals surface area contributed by atoms with Crippen LogP contribution in [0.5, 0.6) is 11.5 Å². The third-order valence-corrected chi connectivity index (χ3v) is 4.05. The van der Waals surface area contributed by atoms with Gasteiger partial charge in [0.05, 0.1) is 7.11 Å². The molecule has 0 saturated heterocycles. The van der Waals surface area contributed by atoms with E-state index in [1.807, 2.05) is 0 Å². The molecule has 0 aliphatic carbocycles. The van der Waals surface area contributed by atoms with E-state index in [1.54, 1.807) is 18.2 Å². The second kappa shape index (κ2) is 14.0. The number of methoxy groups -OCH3 is 1. The lowest BCUT2D eigenvalue weighted by atomic mass is 10.1. The molecule has 1 amide bonds. The van der Waals surface area contributed by atoms with Gasteiger partial charge in [-0.2, -0.15) is 0 Å². The highest BCUT2D eigenvalue weighted by Crippen LogP contribution is 2.28. The predicted molar refractivity (Wildman–Crippen MR) is 115 cm³/mol. The Morgan fingerprint density at radius 2 is 1.90 bits per heavy atom. The minimum absolute atomic E-state index is 0.00190. The summed E-state index contributed by atoms with van der Waals surface area (Å²) in [6, 6.07) is 5.14. The molecule has 1 aromatic carbocycles. The van der Waals surface area contributed by atoms with Gasteiger partial charge in [0.15, 0.2) is 23.9 Å². The summed E-state index contributed by atoms with van der Waals surface area (Å²) in [5.41, 5.74) is 0.838. The summed E-state index contributed by atoms with van der Waals surface area (Å²) >= 11 is 0. The molecule has 0 fully saturated rings. The number of carboxylic acids is 1. The number of unbranched alkanes of at least 4 members (excludes halogenated alkanes) is 2. The summed E-state index contributed by atoms with van der Waals surface area (Å²) in [4.78, 5) is 34.0. The number of ketones is 1. The number of rotatable bonds is 14. The first kappa shape index (κ1) is 24.9. The molecule has 0 saturated carbocycles. The van der Waals surface area contributed by atoms with E-state index in [4.69, 9.17) is 14.6 Å². The van der Waals surface area contributed by atoms with Gasteiger partial charge in [-0.1, -0.05) is 32.1 Å². The third-order valence-electron chi connectivity index (χ3n) is 4.05. The molecule has 0 aliphatic heterocycles.